The highest BCUT2D eigenvalue weighted by atomic mass is 16.5. The van der Waals surface area contributed by atoms with E-state index in [1.165, 1.54) is 0 Å². The largest absolute Gasteiger partial charge is 0.381 e. The Kier molecular flexibility index (Phi) is 6.35. The van der Waals surface area contributed by atoms with Gasteiger partial charge >= 0.3 is 0 Å². The normalized spacial score (nSPS) is 12.4. The second-order valence-corrected chi connectivity index (χ2v) is 4.12. The van der Waals surface area contributed by atoms with Gasteiger partial charge in [0.25, 0.3) is 0 Å². The Morgan fingerprint density at radius 3 is 3.00 bits per heavy atom. The summed E-state index contributed by atoms with van der Waals surface area (Å²) in [5.74, 6) is 0.767. The lowest BCUT2D eigenvalue weighted by Gasteiger charge is -2.14. The highest BCUT2D eigenvalue weighted by Gasteiger charge is 2.14. The second kappa shape index (κ2) is 7.81. The van der Waals surface area contributed by atoms with Crippen LogP contribution in [0.3, 0.4) is 0 Å². The van der Waals surface area contributed by atoms with Crippen LogP contribution in [0.2, 0.25) is 0 Å². The summed E-state index contributed by atoms with van der Waals surface area (Å²) >= 11 is 0. The monoisotopic (exact) mass is 254 g/mol. The first-order valence-electron chi connectivity index (χ1n) is 6.43. The van der Waals surface area contributed by atoms with Gasteiger partial charge < -0.3 is 14.6 Å². The molecule has 0 radical (unpaired) electrons. The van der Waals surface area contributed by atoms with Crippen LogP contribution in [-0.2, 0) is 16.1 Å². The van der Waals surface area contributed by atoms with Crippen molar-refractivity contribution >= 4 is 5.91 Å². The molecule has 1 amide bonds. The van der Waals surface area contributed by atoms with Gasteiger partial charge in [-0.15, -0.1) is 10.2 Å². The number of nitrogens with one attached hydrogen (secondary N) is 1. The van der Waals surface area contributed by atoms with Crippen molar-refractivity contribution in [3.63, 3.8) is 0 Å². The third kappa shape index (κ3) is 4.44. The van der Waals surface area contributed by atoms with Crippen molar-refractivity contribution in [1.29, 1.82) is 0 Å². The molecule has 0 spiro atoms. The lowest BCUT2D eigenvalue weighted by Crippen LogP contribution is -2.29. The quantitative estimate of drug-likeness (QED) is 0.710. The zero-order chi connectivity index (χ0) is 13.4. The van der Waals surface area contributed by atoms with E-state index in [9.17, 15) is 4.79 Å². The number of rotatable bonds is 8. The minimum Gasteiger partial charge on any atom is -0.381 e. The molecule has 0 aliphatic heterocycles. The van der Waals surface area contributed by atoms with Crippen LogP contribution in [0.15, 0.2) is 6.33 Å². The van der Waals surface area contributed by atoms with E-state index in [0.717, 1.165) is 18.8 Å². The Balaban J connectivity index is 2.46. The molecular formula is C12H22N4O2. The zero-order valence-electron chi connectivity index (χ0n) is 11.3. The molecule has 6 heteroatoms. The van der Waals surface area contributed by atoms with Gasteiger partial charge in [-0.25, -0.2) is 0 Å². The molecule has 1 rings (SSSR count). The van der Waals surface area contributed by atoms with Gasteiger partial charge in [-0.3, -0.25) is 4.79 Å². The van der Waals surface area contributed by atoms with Crippen LogP contribution in [0.4, 0.5) is 0 Å². The van der Waals surface area contributed by atoms with Gasteiger partial charge in [0.2, 0.25) is 5.91 Å². The molecule has 18 heavy (non-hydrogen) atoms. The molecule has 0 fully saturated rings. The van der Waals surface area contributed by atoms with Crippen molar-refractivity contribution in [2.75, 3.05) is 13.2 Å². The average molecular weight is 254 g/mol. The first-order chi connectivity index (χ1) is 8.69. The second-order valence-electron chi connectivity index (χ2n) is 4.12. The van der Waals surface area contributed by atoms with E-state index in [2.05, 4.69) is 22.4 Å². The van der Waals surface area contributed by atoms with Gasteiger partial charge in [0.1, 0.15) is 6.33 Å². The van der Waals surface area contributed by atoms with Crippen LogP contribution in [0.1, 0.15) is 45.5 Å². The molecule has 102 valence electrons. The molecule has 0 aromatic carbocycles. The van der Waals surface area contributed by atoms with Crippen molar-refractivity contribution in [2.45, 2.75) is 46.2 Å². The number of amides is 1. The van der Waals surface area contributed by atoms with Crippen LogP contribution < -0.4 is 5.32 Å². The Hall–Kier alpha value is -1.43. The van der Waals surface area contributed by atoms with E-state index < -0.39 is 0 Å². The van der Waals surface area contributed by atoms with Crippen molar-refractivity contribution in [1.82, 2.24) is 20.1 Å². The number of aromatic nitrogens is 3. The molecular weight excluding hydrogens is 232 g/mol. The molecule has 1 N–H and O–H groups in total. The van der Waals surface area contributed by atoms with Crippen LogP contribution in [0.5, 0.6) is 0 Å². The third-order valence-electron chi connectivity index (χ3n) is 2.55. The Labute approximate surface area is 108 Å². The summed E-state index contributed by atoms with van der Waals surface area (Å²) in [7, 11) is 0. The molecule has 1 aromatic heterocycles. The molecule has 1 aromatic rings. The van der Waals surface area contributed by atoms with Crippen LogP contribution in [0.25, 0.3) is 0 Å². The lowest BCUT2D eigenvalue weighted by molar-refractivity contribution is -0.122. The SMILES string of the molecule is CCCn1cnnc1[C@@H](C)NC(=O)CCOCC. The highest BCUT2D eigenvalue weighted by molar-refractivity contribution is 5.76. The minimum atomic E-state index is -0.131. The van der Waals surface area contributed by atoms with E-state index in [0.29, 0.717) is 19.6 Å². The fourth-order valence-electron chi connectivity index (χ4n) is 1.70. The maximum atomic E-state index is 11.6. The summed E-state index contributed by atoms with van der Waals surface area (Å²) in [6.07, 6.45) is 3.08. The van der Waals surface area contributed by atoms with Crippen molar-refractivity contribution in [3.8, 4) is 0 Å². The van der Waals surface area contributed by atoms with Crippen molar-refractivity contribution in [3.05, 3.63) is 12.2 Å². The number of carbonyl (C=O) groups is 1. The number of nitrogens with zero attached hydrogens (tertiary/aromatic N) is 3. The number of ether oxygens (including phenoxy) is 1. The summed E-state index contributed by atoms with van der Waals surface area (Å²) in [6, 6.07) is -0.131. The Morgan fingerprint density at radius 2 is 2.33 bits per heavy atom. The molecule has 0 saturated heterocycles. The predicted molar refractivity (Wildman–Crippen MR) is 68.0 cm³/mol. The Bertz CT molecular complexity index is 365. The summed E-state index contributed by atoms with van der Waals surface area (Å²) in [5, 5.41) is 10.8. The van der Waals surface area contributed by atoms with Crippen LogP contribution in [0, 0.1) is 0 Å². The molecule has 0 saturated carbocycles. The maximum absolute atomic E-state index is 11.6. The average Bonchev–Trinajstić information content (AvgIpc) is 2.78. The minimum absolute atomic E-state index is 0.0259. The number of carbonyl (C=O) groups excluding carboxylic acids is 1. The van der Waals surface area contributed by atoms with E-state index in [1.54, 1.807) is 6.33 Å². The third-order valence-corrected chi connectivity index (χ3v) is 2.55. The molecule has 6 nitrogen and oxygen atoms in total. The fraction of sp³-hybridized carbons (Fsp3) is 0.750. The van der Waals surface area contributed by atoms with Gasteiger partial charge in [-0.05, 0) is 20.3 Å². The van der Waals surface area contributed by atoms with E-state index in [4.69, 9.17) is 4.74 Å². The maximum Gasteiger partial charge on any atom is 0.222 e. The van der Waals surface area contributed by atoms with Gasteiger partial charge in [-0.2, -0.15) is 0 Å². The molecule has 1 heterocycles. The smallest absolute Gasteiger partial charge is 0.222 e. The zero-order valence-corrected chi connectivity index (χ0v) is 11.3. The lowest BCUT2D eigenvalue weighted by atomic mass is 10.3. The molecule has 0 bridgehead atoms. The summed E-state index contributed by atoms with van der Waals surface area (Å²) in [5.41, 5.74) is 0. The van der Waals surface area contributed by atoms with Crippen LogP contribution in [-0.4, -0.2) is 33.9 Å². The fourth-order valence-corrected chi connectivity index (χ4v) is 1.70. The first kappa shape index (κ1) is 14.6. The number of hydrogen-bond acceptors (Lipinski definition) is 4. The van der Waals surface area contributed by atoms with Gasteiger partial charge in [0, 0.05) is 19.6 Å². The molecule has 0 aliphatic carbocycles. The highest BCUT2D eigenvalue weighted by Crippen LogP contribution is 2.09. The molecule has 0 aliphatic rings. The summed E-state index contributed by atoms with van der Waals surface area (Å²) < 4.78 is 7.11. The molecule has 1 atom stereocenters. The van der Waals surface area contributed by atoms with E-state index >= 15 is 0 Å². The summed E-state index contributed by atoms with van der Waals surface area (Å²) in [6.45, 7) is 7.86. The van der Waals surface area contributed by atoms with Crippen molar-refractivity contribution in [2.24, 2.45) is 0 Å². The number of aryl methyl sites for hydroxylation is 1. The standard InChI is InChI=1S/C12H22N4O2/c1-4-7-16-9-13-15-12(16)10(3)14-11(17)6-8-18-5-2/h9-10H,4-8H2,1-3H3,(H,14,17)/t10-/m1/s1. The van der Waals surface area contributed by atoms with Crippen LogP contribution >= 0.6 is 0 Å². The summed E-state index contributed by atoms with van der Waals surface area (Å²) in [4.78, 5) is 11.6. The van der Waals surface area contributed by atoms with Crippen molar-refractivity contribution < 1.29 is 9.53 Å². The van der Waals surface area contributed by atoms with Gasteiger partial charge in [0.15, 0.2) is 5.82 Å². The molecule has 0 unspecified atom stereocenters. The van der Waals surface area contributed by atoms with Gasteiger partial charge in [-0.1, -0.05) is 6.92 Å². The topological polar surface area (TPSA) is 69.0 Å². The van der Waals surface area contributed by atoms with E-state index in [1.807, 2.05) is 18.4 Å². The predicted octanol–water partition coefficient (Wildman–Crippen LogP) is 1.29. The van der Waals surface area contributed by atoms with E-state index in [-0.39, 0.29) is 11.9 Å². The van der Waals surface area contributed by atoms with Gasteiger partial charge in [0.05, 0.1) is 12.6 Å². The Morgan fingerprint density at radius 1 is 1.56 bits per heavy atom. The number of hydrogen-bond donors (Lipinski definition) is 1. The first-order valence-corrected chi connectivity index (χ1v) is 6.43.